The van der Waals surface area contributed by atoms with E-state index in [1.807, 2.05) is 30.5 Å². The van der Waals surface area contributed by atoms with Gasteiger partial charge in [-0.1, -0.05) is 25.0 Å². The van der Waals surface area contributed by atoms with Crippen molar-refractivity contribution in [1.29, 1.82) is 0 Å². The summed E-state index contributed by atoms with van der Waals surface area (Å²) in [7, 11) is 1.66. The minimum absolute atomic E-state index is 0.142. The first-order valence-corrected chi connectivity index (χ1v) is 10.1. The van der Waals surface area contributed by atoms with E-state index in [0.29, 0.717) is 12.6 Å². The minimum atomic E-state index is -0.344. The van der Waals surface area contributed by atoms with E-state index in [9.17, 15) is 4.79 Å². The van der Waals surface area contributed by atoms with E-state index < -0.39 is 0 Å². The number of hydrogen-bond acceptors (Lipinski definition) is 3. The number of aryl methyl sites for hydroxylation is 1. The van der Waals surface area contributed by atoms with Gasteiger partial charge in [0.2, 0.25) is 5.91 Å². The zero-order valence-corrected chi connectivity index (χ0v) is 16.3. The Morgan fingerprint density at radius 1 is 1.26 bits per heavy atom. The van der Waals surface area contributed by atoms with Crippen LogP contribution in [0.15, 0.2) is 30.5 Å². The van der Waals surface area contributed by atoms with Crippen LogP contribution < -0.4 is 10.1 Å². The molecule has 0 spiro atoms. The molecule has 5 heteroatoms. The molecular formula is C22H29N3O2. The van der Waals surface area contributed by atoms with Crippen molar-refractivity contribution in [3.63, 3.8) is 0 Å². The van der Waals surface area contributed by atoms with E-state index in [2.05, 4.69) is 21.8 Å². The van der Waals surface area contributed by atoms with Gasteiger partial charge in [-0.3, -0.25) is 4.79 Å². The lowest BCUT2D eigenvalue weighted by molar-refractivity contribution is -0.123. The summed E-state index contributed by atoms with van der Waals surface area (Å²) in [5.74, 6) is 2.07. The number of benzene rings is 1. The lowest BCUT2D eigenvalue weighted by atomic mass is 9.95. The van der Waals surface area contributed by atoms with Gasteiger partial charge in [0.05, 0.1) is 12.5 Å². The molecule has 2 aliphatic rings. The lowest BCUT2D eigenvalue weighted by Crippen LogP contribution is -2.36. The highest BCUT2D eigenvalue weighted by atomic mass is 16.5. The molecular weight excluding hydrogens is 338 g/mol. The molecule has 2 aliphatic carbocycles. The van der Waals surface area contributed by atoms with Crippen molar-refractivity contribution in [2.24, 2.45) is 0 Å². The Kier molecular flexibility index (Phi) is 4.94. The number of rotatable bonds is 7. The second-order valence-corrected chi connectivity index (χ2v) is 7.94. The van der Waals surface area contributed by atoms with Gasteiger partial charge >= 0.3 is 0 Å². The van der Waals surface area contributed by atoms with Gasteiger partial charge in [0.25, 0.3) is 0 Å². The Hall–Kier alpha value is -2.30. The van der Waals surface area contributed by atoms with E-state index >= 15 is 0 Å². The van der Waals surface area contributed by atoms with Crippen LogP contribution in [0, 0.1) is 6.92 Å². The van der Waals surface area contributed by atoms with E-state index in [1.54, 1.807) is 7.11 Å². The number of nitrogens with zero attached hydrogens (tertiary/aromatic N) is 2. The average molecular weight is 367 g/mol. The first kappa shape index (κ1) is 18.1. The van der Waals surface area contributed by atoms with Crippen LogP contribution in [-0.4, -0.2) is 29.1 Å². The fourth-order valence-corrected chi connectivity index (χ4v) is 4.48. The Labute approximate surface area is 161 Å². The number of imidazole rings is 1. The molecule has 2 aromatic rings. The molecule has 2 fully saturated rings. The molecule has 1 heterocycles. The van der Waals surface area contributed by atoms with Gasteiger partial charge in [0.1, 0.15) is 11.6 Å². The lowest BCUT2D eigenvalue weighted by Gasteiger charge is -2.19. The van der Waals surface area contributed by atoms with Crippen LogP contribution in [-0.2, 0) is 16.6 Å². The van der Waals surface area contributed by atoms with Gasteiger partial charge in [0, 0.05) is 30.9 Å². The first-order chi connectivity index (χ1) is 13.1. The predicted octanol–water partition coefficient (Wildman–Crippen LogP) is 3.71. The van der Waals surface area contributed by atoms with Gasteiger partial charge in [-0.15, -0.1) is 0 Å². The van der Waals surface area contributed by atoms with Gasteiger partial charge in [-0.2, -0.15) is 0 Å². The van der Waals surface area contributed by atoms with Crippen LogP contribution in [0.25, 0.3) is 0 Å². The smallest absolute Gasteiger partial charge is 0.230 e. The van der Waals surface area contributed by atoms with Gasteiger partial charge in [-0.05, 0) is 50.3 Å². The van der Waals surface area contributed by atoms with Crippen LogP contribution in [0.2, 0.25) is 0 Å². The summed E-state index contributed by atoms with van der Waals surface area (Å²) in [4.78, 5) is 17.5. The molecule has 1 aromatic heterocycles. The number of amides is 1. The first-order valence-electron chi connectivity index (χ1n) is 10.1. The average Bonchev–Trinajstić information content (AvgIpc) is 3.18. The van der Waals surface area contributed by atoms with Crippen molar-refractivity contribution in [1.82, 2.24) is 14.9 Å². The minimum Gasteiger partial charge on any atom is -0.497 e. The van der Waals surface area contributed by atoms with Gasteiger partial charge < -0.3 is 14.6 Å². The number of aromatic nitrogens is 2. The third-order valence-corrected chi connectivity index (χ3v) is 6.21. The zero-order valence-electron chi connectivity index (χ0n) is 16.3. The summed E-state index contributed by atoms with van der Waals surface area (Å²) in [5.41, 5.74) is 1.98. The molecule has 0 atom stereocenters. The molecule has 0 radical (unpaired) electrons. The molecule has 144 valence electrons. The van der Waals surface area contributed by atoms with Gasteiger partial charge in [-0.25, -0.2) is 4.98 Å². The van der Waals surface area contributed by atoms with E-state index in [0.717, 1.165) is 36.4 Å². The molecule has 1 amide bonds. The Morgan fingerprint density at radius 3 is 2.59 bits per heavy atom. The van der Waals surface area contributed by atoms with E-state index in [4.69, 9.17) is 4.74 Å². The van der Waals surface area contributed by atoms with Crippen molar-refractivity contribution >= 4 is 5.91 Å². The fourth-order valence-electron chi connectivity index (χ4n) is 4.48. The number of ether oxygens (including phenoxy) is 1. The highest BCUT2D eigenvalue weighted by Crippen LogP contribution is 2.48. The standard InChI is InChI=1S/C22H29N3O2/c1-16-15-24-20(25(16)18-5-3-4-6-18)11-14-23-21(26)22(12-13-22)17-7-9-19(27-2)10-8-17/h7-10,15,18H,3-6,11-14H2,1-2H3,(H,23,26). The van der Waals surface area contributed by atoms with Crippen molar-refractivity contribution in [3.05, 3.63) is 47.5 Å². The molecule has 5 nitrogen and oxygen atoms in total. The Balaban J connectivity index is 1.37. The molecule has 0 saturated heterocycles. The molecule has 2 saturated carbocycles. The SMILES string of the molecule is COc1ccc(C2(C(=O)NCCc3ncc(C)n3C3CCCC3)CC2)cc1. The molecule has 27 heavy (non-hydrogen) atoms. The normalized spacial score (nSPS) is 18.4. The zero-order chi connectivity index (χ0) is 18.9. The summed E-state index contributed by atoms with van der Waals surface area (Å²) in [6.07, 6.45) is 9.70. The maximum atomic E-state index is 12.8. The third-order valence-electron chi connectivity index (χ3n) is 6.21. The third kappa shape index (κ3) is 3.47. The van der Waals surface area contributed by atoms with Crippen molar-refractivity contribution in [2.75, 3.05) is 13.7 Å². The van der Waals surface area contributed by atoms with Crippen LogP contribution in [0.1, 0.15) is 61.6 Å². The Bertz CT molecular complexity index is 799. The van der Waals surface area contributed by atoms with E-state index in [1.165, 1.54) is 31.4 Å². The largest absolute Gasteiger partial charge is 0.497 e. The highest BCUT2D eigenvalue weighted by Gasteiger charge is 2.51. The predicted molar refractivity (Wildman–Crippen MR) is 105 cm³/mol. The van der Waals surface area contributed by atoms with Crippen molar-refractivity contribution in [2.45, 2.75) is 63.3 Å². The molecule has 4 rings (SSSR count). The number of methoxy groups -OCH3 is 1. The summed E-state index contributed by atoms with van der Waals surface area (Å²) in [6, 6.07) is 8.49. The van der Waals surface area contributed by atoms with Crippen LogP contribution in [0.4, 0.5) is 0 Å². The molecule has 0 aliphatic heterocycles. The van der Waals surface area contributed by atoms with Crippen LogP contribution in [0.3, 0.4) is 0 Å². The summed E-state index contributed by atoms with van der Waals surface area (Å²) in [6.45, 7) is 2.77. The quantitative estimate of drug-likeness (QED) is 0.812. The van der Waals surface area contributed by atoms with Crippen LogP contribution >= 0.6 is 0 Å². The summed E-state index contributed by atoms with van der Waals surface area (Å²) in [5, 5.41) is 3.16. The molecule has 0 bridgehead atoms. The second-order valence-electron chi connectivity index (χ2n) is 7.94. The molecule has 0 unspecified atom stereocenters. The maximum Gasteiger partial charge on any atom is 0.230 e. The monoisotopic (exact) mass is 367 g/mol. The Morgan fingerprint density at radius 2 is 1.96 bits per heavy atom. The van der Waals surface area contributed by atoms with Crippen molar-refractivity contribution in [3.8, 4) is 5.75 Å². The summed E-state index contributed by atoms with van der Waals surface area (Å²) >= 11 is 0. The number of carbonyl (C=O) groups is 1. The highest BCUT2D eigenvalue weighted by molar-refractivity contribution is 5.91. The molecule has 1 aromatic carbocycles. The number of hydrogen-bond donors (Lipinski definition) is 1. The number of carbonyl (C=O) groups excluding carboxylic acids is 1. The van der Waals surface area contributed by atoms with Crippen molar-refractivity contribution < 1.29 is 9.53 Å². The number of nitrogens with one attached hydrogen (secondary N) is 1. The topological polar surface area (TPSA) is 56.1 Å². The second kappa shape index (κ2) is 7.37. The maximum absolute atomic E-state index is 12.8. The van der Waals surface area contributed by atoms with E-state index in [-0.39, 0.29) is 11.3 Å². The van der Waals surface area contributed by atoms with Gasteiger partial charge in [0.15, 0.2) is 0 Å². The summed E-state index contributed by atoms with van der Waals surface area (Å²) < 4.78 is 7.62. The van der Waals surface area contributed by atoms with Crippen LogP contribution in [0.5, 0.6) is 5.75 Å². The molecule has 1 N–H and O–H groups in total. The fraction of sp³-hybridized carbons (Fsp3) is 0.545.